The second kappa shape index (κ2) is 5.93. The molecule has 0 aliphatic heterocycles. The lowest BCUT2D eigenvalue weighted by Crippen LogP contribution is -2.15. The summed E-state index contributed by atoms with van der Waals surface area (Å²) in [4.78, 5) is 11.5. The largest absolute Gasteiger partial charge is 0.478 e. The lowest BCUT2D eigenvalue weighted by molar-refractivity contribution is 0.0696. The highest BCUT2D eigenvalue weighted by Gasteiger charge is 2.13. The molecular formula is C12H16O4S. The number of carboxylic acid groups (broad SMARTS) is 1. The molecule has 1 aromatic rings. The van der Waals surface area contributed by atoms with Gasteiger partial charge >= 0.3 is 5.97 Å². The summed E-state index contributed by atoms with van der Waals surface area (Å²) in [6.45, 7) is 3.54. The number of aromatic carboxylic acids is 1. The fraction of sp³-hybridized carbons (Fsp3) is 0.417. The Bertz CT molecular complexity index is 442. The molecule has 0 bridgehead atoms. The molecule has 5 heteroatoms. The van der Waals surface area contributed by atoms with Gasteiger partial charge in [-0.1, -0.05) is 6.07 Å². The Morgan fingerprint density at radius 1 is 1.53 bits per heavy atom. The van der Waals surface area contributed by atoms with Crippen molar-refractivity contribution >= 4 is 16.8 Å². The van der Waals surface area contributed by atoms with Gasteiger partial charge < -0.3 is 9.84 Å². The van der Waals surface area contributed by atoms with Gasteiger partial charge in [0.05, 0.1) is 28.2 Å². The Labute approximate surface area is 103 Å². The van der Waals surface area contributed by atoms with Gasteiger partial charge in [0.1, 0.15) is 0 Å². The summed E-state index contributed by atoms with van der Waals surface area (Å²) in [6, 6.07) is 4.84. The molecule has 0 aromatic heterocycles. The van der Waals surface area contributed by atoms with Crippen LogP contribution in [0.25, 0.3) is 0 Å². The first-order valence-corrected chi connectivity index (χ1v) is 6.52. The molecule has 0 spiro atoms. The number of methoxy groups -OCH3 is 1. The van der Waals surface area contributed by atoms with E-state index in [0.29, 0.717) is 16.2 Å². The third-order valence-electron chi connectivity index (χ3n) is 2.49. The maximum Gasteiger partial charge on any atom is 0.335 e. The quantitative estimate of drug-likeness (QED) is 0.873. The Morgan fingerprint density at radius 3 is 2.71 bits per heavy atom. The predicted octanol–water partition coefficient (Wildman–Crippen LogP) is 1.84. The van der Waals surface area contributed by atoms with Crippen molar-refractivity contribution in [2.45, 2.75) is 24.8 Å². The minimum atomic E-state index is -1.24. The standard InChI is InChI=1S/C12H16O4S/c1-8-4-5-10(6-11(8)12(13)14)17(15)7-9(2)16-3/h4-6,9H,7H2,1-3H3,(H,13,14). The summed E-state index contributed by atoms with van der Waals surface area (Å²) < 4.78 is 17.0. The maximum absolute atomic E-state index is 11.9. The molecular weight excluding hydrogens is 240 g/mol. The van der Waals surface area contributed by atoms with Crippen molar-refractivity contribution in [2.75, 3.05) is 12.9 Å². The van der Waals surface area contributed by atoms with Gasteiger partial charge in [0.2, 0.25) is 0 Å². The van der Waals surface area contributed by atoms with Crippen LogP contribution in [0.5, 0.6) is 0 Å². The van der Waals surface area contributed by atoms with E-state index in [1.807, 2.05) is 6.92 Å². The minimum Gasteiger partial charge on any atom is -0.478 e. The fourth-order valence-electron chi connectivity index (χ4n) is 1.35. The molecule has 0 saturated heterocycles. The zero-order chi connectivity index (χ0) is 13.0. The Balaban J connectivity index is 2.96. The number of rotatable bonds is 5. The SMILES string of the molecule is COC(C)CS(=O)c1ccc(C)c(C(=O)O)c1. The first kappa shape index (κ1) is 13.9. The van der Waals surface area contributed by atoms with E-state index in [1.54, 1.807) is 26.2 Å². The number of aryl methyl sites for hydroxylation is 1. The van der Waals surface area contributed by atoms with E-state index in [1.165, 1.54) is 6.07 Å². The zero-order valence-electron chi connectivity index (χ0n) is 10.1. The number of carboxylic acids is 1. The number of hydrogen-bond donors (Lipinski definition) is 1. The van der Waals surface area contributed by atoms with E-state index in [-0.39, 0.29) is 11.7 Å². The van der Waals surface area contributed by atoms with E-state index < -0.39 is 16.8 Å². The van der Waals surface area contributed by atoms with E-state index >= 15 is 0 Å². The third kappa shape index (κ3) is 3.64. The highest BCUT2D eigenvalue weighted by atomic mass is 32.2. The van der Waals surface area contributed by atoms with Crippen LogP contribution in [0, 0.1) is 6.92 Å². The van der Waals surface area contributed by atoms with Crippen LogP contribution in [0.2, 0.25) is 0 Å². The molecule has 1 N–H and O–H groups in total. The lowest BCUT2D eigenvalue weighted by atomic mass is 10.1. The molecule has 0 radical (unpaired) electrons. The van der Waals surface area contributed by atoms with Crippen LogP contribution in [0.3, 0.4) is 0 Å². The Kier molecular flexibility index (Phi) is 4.84. The number of benzene rings is 1. The van der Waals surface area contributed by atoms with Crippen LogP contribution in [0.1, 0.15) is 22.8 Å². The summed E-state index contributed by atoms with van der Waals surface area (Å²) >= 11 is 0. The van der Waals surface area contributed by atoms with Crippen molar-refractivity contribution < 1.29 is 18.8 Å². The maximum atomic E-state index is 11.9. The monoisotopic (exact) mass is 256 g/mol. The molecule has 2 atom stereocenters. The average Bonchev–Trinajstić information content (AvgIpc) is 2.28. The Hall–Kier alpha value is -1.20. The smallest absolute Gasteiger partial charge is 0.335 e. The Morgan fingerprint density at radius 2 is 2.18 bits per heavy atom. The van der Waals surface area contributed by atoms with Crippen LogP contribution in [0.4, 0.5) is 0 Å². The van der Waals surface area contributed by atoms with Crippen molar-refractivity contribution in [1.82, 2.24) is 0 Å². The van der Waals surface area contributed by atoms with Gasteiger partial charge in [-0.3, -0.25) is 4.21 Å². The van der Waals surface area contributed by atoms with Gasteiger partial charge in [-0.15, -0.1) is 0 Å². The van der Waals surface area contributed by atoms with Crippen molar-refractivity contribution in [3.8, 4) is 0 Å². The first-order valence-electron chi connectivity index (χ1n) is 5.20. The van der Waals surface area contributed by atoms with Gasteiger partial charge in [-0.05, 0) is 31.5 Å². The second-order valence-electron chi connectivity index (χ2n) is 3.84. The van der Waals surface area contributed by atoms with Crippen molar-refractivity contribution in [2.24, 2.45) is 0 Å². The minimum absolute atomic E-state index is 0.120. The van der Waals surface area contributed by atoms with E-state index in [4.69, 9.17) is 9.84 Å². The van der Waals surface area contributed by atoms with Crippen LogP contribution in [0.15, 0.2) is 23.1 Å². The molecule has 0 aliphatic rings. The van der Waals surface area contributed by atoms with Crippen LogP contribution in [-0.2, 0) is 15.5 Å². The summed E-state index contributed by atoms with van der Waals surface area (Å²) in [5.74, 6) is -0.639. The molecule has 1 aromatic carbocycles. The summed E-state index contributed by atoms with van der Waals surface area (Å²) in [7, 11) is 0.318. The molecule has 17 heavy (non-hydrogen) atoms. The summed E-state index contributed by atoms with van der Waals surface area (Å²) in [5, 5.41) is 8.98. The van der Waals surface area contributed by atoms with E-state index in [0.717, 1.165) is 0 Å². The number of hydrogen-bond acceptors (Lipinski definition) is 3. The van der Waals surface area contributed by atoms with Gasteiger partial charge in [0, 0.05) is 12.0 Å². The fourth-order valence-corrected chi connectivity index (χ4v) is 2.57. The molecule has 4 nitrogen and oxygen atoms in total. The van der Waals surface area contributed by atoms with Gasteiger partial charge in [0.25, 0.3) is 0 Å². The molecule has 0 fully saturated rings. The zero-order valence-corrected chi connectivity index (χ0v) is 10.9. The first-order chi connectivity index (χ1) is 7.95. The average molecular weight is 256 g/mol. The van der Waals surface area contributed by atoms with Crippen LogP contribution >= 0.6 is 0 Å². The molecule has 2 unspecified atom stereocenters. The highest BCUT2D eigenvalue weighted by molar-refractivity contribution is 7.85. The molecule has 0 saturated carbocycles. The number of ether oxygens (including phenoxy) is 1. The highest BCUT2D eigenvalue weighted by Crippen LogP contribution is 2.15. The van der Waals surface area contributed by atoms with Crippen molar-refractivity contribution in [3.63, 3.8) is 0 Å². The van der Waals surface area contributed by atoms with Gasteiger partial charge in [-0.25, -0.2) is 4.79 Å². The van der Waals surface area contributed by atoms with Crippen LogP contribution in [-0.4, -0.2) is 34.3 Å². The second-order valence-corrected chi connectivity index (χ2v) is 5.34. The van der Waals surface area contributed by atoms with E-state index in [9.17, 15) is 9.00 Å². The molecule has 0 heterocycles. The van der Waals surface area contributed by atoms with E-state index in [2.05, 4.69) is 0 Å². The topological polar surface area (TPSA) is 63.6 Å². The molecule has 0 amide bonds. The molecule has 94 valence electrons. The number of carbonyl (C=O) groups is 1. The molecule has 0 aliphatic carbocycles. The van der Waals surface area contributed by atoms with Crippen molar-refractivity contribution in [1.29, 1.82) is 0 Å². The lowest BCUT2D eigenvalue weighted by Gasteiger charge is -2.10. The predicted molar refractivity (Wildman–Crippen MR) is 65.9 cm³/mol. The van der Waals surface area contributed by atoms with Crippen molar-refractivity contribution in [3.05, 3.63) is 29.3 Å². The van der Waals surface area contributed by atoms with Gasteiger partial charge in [0.15, 0.2) is 0 Å². The van der Waals surface area contributed by atoms with Gasteiger partial charge in [-0.2, -0.15) is 0 Å². The summed E-state index contributed by atoms with van der Waals surface area (Å²) in [5.41, 5.74) is 0.860. The normalized spacial score (nSPS) is 14.3. The van der Waals surface area contributed by atoms with Crippen LogP contribution < -0.4 is 0 Å². The molecule has 1 rings (SSSR count). The third-order valence-corrected chi connectivity index (χ3v) is 4.04. The summed E-state index contributed by atoms with van der Waals surface area (Å²) in [6.07, 6.45) is -0.120.